The molecule has 1 heterocycles. The molecule has 25 heavy (non-hydrogen) atoms. The Hall–Kier alpha value is -1.85. The number of para-hydroxylation sites is 1. The zero-order valence-corrected chi connectivity index (χ0v) is 15.8. The van der Waals surface area contributed by atoms with Gasteiger partial charge in [0, 0.05) is 50.7 Å². The summed E-state index contributed by atoms with van der Waals surface area (Å²) in [5.74, 6) is 1.01. The fraction of sp³-hybridized carbons (Fsp3) is 0.550. The highest BCUT2D eigenvalue weighted by molar-refractivity contribution is 5.77. The predicted octanol–water partition coefficient (Wildman–Crippen LogP) is 2.24. The summed E-state index contributed by atoms with van der Waals surface area (Å²) in [5, 5.41) is 0. The topological polar surface area (TPSA) is 36.0 Å². The van der Waals surface area contributed by atoms with Crippen molar-refractivity contribution in [3.05, 3.63) is 42.5 Å². The minimum absolute atomic E-state index is 0.165. The van der Waals surface area contributed by atoms with Gasteiger partial charge in [-0.25, -0.2) is 0 Å². The van der Waals surface area contributed by atoms with Crippen molar-refractivity contribution >= 4 is 5.91 Å². The highest BCUT2D eigenvalue weighted by Crippen LogP contribution is 2.21. The molecule has 5 heteroatoms. The minimum atomic E-state index is 0.165. The molecule has 1 aromatic rings. The molecule has 1 amide bonds. The number of nitrogens with zero attached hydrogens (tertiary/aromatic N) is 3. The number of hydrogen-bond donors (Lipinski definition) is 0. The molecule has 0 bridgehead atoms. The molecule has 1 atom stereocenters. The number of likely N-dealkylation sites (N-methyl/N-ethyl adjacent to an activating group) is 2. The molecule has 0 spiro atoms. The SMILES string of the molecule is C=CCN(Cc1ccccc1OCC)C(=O)C[C@@H]1CN(C)CCN1C. The minimum Gasteiger partial charge on any atom is -0.494 e. The van der Waals surface area contributed by atoms with Crippen LogP contribution >= 0.6 is 0 Å². The Kier molecular flexibility index (Phi) is 7.47. The van der Waals surface area contributed by atoms with Crippen molar-refractivity contribution in [2.75, 3.05) is 46.9 Å². The van der Waals surface area contributed by atoms with Gasteiger partial charge in [0.15, 0.2) is 0 Å². The molecule has 1 aromatic carbocycles. The molecule has 0 aromatic heterocycles. The summed E-state index contributed by atoms with van der Waals surface area (Å²) < 4.78 is 5.70. The summed E-state index contributed by atoms with van der Waals surface area (Å²) in [5.41, 5.74) is 1.04. The molecular weight excluding hydrogens is 314 g/mol. The van der Waals surface area contributed by atoms with Crippen LogP contribution in [0, 0.1) is 0 Å². The zero-order valence-electron chi connectivity index (χ0n) is 15.8. The van der Waals surface area contributed by atoms with Crippen molar-refractivity contribution < 1.29 is 9.53 Å². The summed E-state index contributed by atoms with van der Waals surface area (Å²) in [4.78, 5) is 19.4. The van der Waals surface area contributed by atoms with Crippen LogP contribution in [-0.4, -0.2) is 73.5 Å². The van der Waals surface area contributed by atoms with E-state index in [1.54, 1.807) is 6.08 Å². The van der Waals surface area contributed by atoms with Gasteiger partial charge in [-0.05, 0) is 27.1 Å². The van der Waals surface area contributed by atoms with Gasteiger partial charge in [-0.1, -0.05) is 24.3 Å². The fourth-order valence-corrected chi connectivity index (χ4v) is 3.20. The summed E-state index contributed by atoms with van der Waals surface area (Å²) in [6.45, 7) is 10.5. The summed E-state index contributed by atoms with van der Waals surface area (Å²) >= 11 is 0. The van der Waals surface area contributed by atoms with Crippen LogP contribution < -0.4 is 4.74 Å². The number of carbonyl (C=O) groups excluding carboxylic acids is 1. The van der Waals surface area contributed by atoms with Gasteiger partial charge >= 0.3 is 0 Å². The van der Waals surface area contributed by atoms with Gasteiger partial charge < -0.3 is 19.4 Å². The third kappa shape index (κ3) is 5.58. The number of benzene rings is 1. The molecule has 2 rings (SSSR count). The van der Waals surface area contributed by atoms with Crippen LogP contribution in [0.5, 0.6) is 5.75 Å². The van der Waals surface area contributed by atoms with Gasteiger partial charge in [0.2, 0.25) is 5.91 Å². The van der Waals surface area contributed by atoms with Crippen molar-refractivity contribution in [2.45, 2.75) is 25.9 Å². The Morgan fingerprint density at radius 3 is 2.84 bits per heavy atom. The number of piperazine rings is 1. The van der Waals surface area contributed by atoms with Crippen LogP contribution in [-0.2, 0) is 11.3 Å². The van der Waals surface area contributed by atoms with E-state index in [9.17, 15) is 4.79 Å². The average Bonchev–Trinajstić information content (AvgIpc) is 2.59. The maximum absolute atomic E-state index is 12.9. The molecule has 1 aliphatic heterocycles. The van der Waals surface area contributed by atoms with Crippen molar-refractivity contribution in [3.63, 3.8) is 0 Å². The lowest BCUT2D eigenvalue weighted by Gasteiger charge is -2.38. The second-order valence-corrected chi connectivity index (χ2v) is 6.70. The van der Waals surface area contributed by atoms with Crippen LogP contribution in [0.25, 0.3) is 0 Å². The van der Waals surface area contributed by atoms with Crippen LogP contribution in [0.4, 0.5) is 0 Å². The number of rotatable bonds is 8. The highest BCUT2D eigenvalue weighted by Gasteiger charge is 2.26. The predicted molar refractivity (Wildman–Crippen MR) is 102 cm³/mol. The second-order valence-electron chi connectivity index (χ2n) is 6.70. The molecular formula is C20H31N3O2. The smallest absolute Gasteiger partial charge is 0.224 e. The standard InChI is InChI=1S/C20H31N3O2/c1-5-11-23(15-17-9-7-8-10-19(17)25-6-2)20(24)14-18-16-21(3)12-13-22(18)4/h5,7-10,18H,1,6,11-16H2,2-4H3/t18-/m1/s1. The van der Waals surface area contributed by atoms with Gasteiger partial charge in [-0.2, -0.15) is 0 Å². The van der Waals surface area contributed by atoms with Gasteiger partial charge in [0.05, 0.1) is 6.61 Å². The highest BCUT2D eigenvalue weighted by atomic mass is 16.5. The van der Waals surface area contributed by atoms with E-state index in [-0.39, 0.29) is 11.9 Å². The lowest BCUT2D eigenvalue weighted by atomic mass is 10.1. The van der Waals surface area contributed by atoms with Crippen LogP contribution in [0.2, 0.25) is 0 Å². The number of hydrogen-bond acceptors (Lipinski definition) is 4. The first-order chi connectivity index (χ1) is 12.0. The Balaban J connectivity index is 2.06. The van der Waals surface area contributed by atoms with Gasteiger partial charge in [0.25, 0.3) is 0 Å². The van der Waals surface area contributed by atoms with E-state index in [4.69, 9.17) is 4.74 Å². The Morgan fingerprint density at radius 1 is 1.36 bits per heavy atom. The molecule has 0 radical (unpaired) electrons. The third-order valence-electron chi connectivity index (χ3n) is 4.73. The number of ether oxygens (including phenoxy) is 1. The first kappa shape index (κ1) is 19.5. The quantitative estimate of drug-likeness (QED) is 0.677. The molecule has 138 valence electrons. The van der Waals surface area contributed by atoms with Crippen molar-refractivity contribution in [2.24, 2.45) is 0 Å². The van der Waals surface area contributed by atoms with Crippen LogP contribution in [0.15, 0.2) is 36.9 Å². The lowest BCUT2D eigenvalue weighted by Crippen LogP contribution is -2.51. The molecule has 5 nitrogen and oxygen atoms in total. The van der Waals surface area contributed by atoms with Crippen LogP contribution in [0.1, 0.15) is 18.9 Å². The third-order valence-corrected chi connectivity index (χ3v) is 4.73. The summed E-state index contributed by atoms with van der Waals surface area (Å²) in [7, 11) is 4.22. The first-order valence-corrected chi connectivity index (χ1v) is 9.03. The zero-order chi connectivity index (χ0) is 18.2. The van der Waals surface area contributed by atoms with E-state index in [0.717, 1.165) is 30.9 Å². The van der Waals surface area contributed by atoms with E-state index in [1.165, 1.54) is 0 Å². The number of amides is 1. The van der Waals surface area contributed by atoms with Crippen LogP contribution in [0.3, 0.4) is 0 Å². The average molecular weight is 345 g/mol. The molecule has 0 aliphatic carbocycles. The Labute approximate surface area is 151 Å². The lowest BCUT2D eigenvalue weighted by molar-refractivity contribution is -0.133. The largest absolute Gasteiger partial charge is 0.494 e. The molecule has 1 aliphatic rings. The fourth-order valence-electron chi connectivity index (χ4n) is 3.20. The Bertz CT molecular complexity index is 576. The molecule has 0 saturated carbocycles. The Morgan fingerprint density at radius 2 is 2.12 bits per heavy atom. The van der Waals surface area contributed by atoms with E-state index in [1.807, 2.05) is 36.1 Å². The summed E-state index contributed by atoms with van der Waals surface area (Å²) in [6, 6.07) is 8.19. The molecule has 0 N–H and O–H groups in total. The van der Waals surface area contributed by atoms with Gasteiger partial charge in [0.1, 0.15) is 5.75 Å². The molecule has 0 unspecified atom stereocenters. The van der Waals surface area contributed by atoms with E-state index in [2.05, 4.69) is 30.5 Å². The van der Waals surface area contributed by atoms with Crippen molar-refractivity contribution in [1.82, 2.24) is 14.7 Å². The monoisotopic (exact) mass is 345 g/mol. The maximum atomic E-state index is 12.9. The van der Waals surface area contributed by atoms with Gasteiger partial charge in [-0.15, -0.1) is 6.58 Å². The number of carbonyl (C=O) groups is 1. The second kappa shape index (κ2) is 9.59. The van der Waals surface area contributed by atoms with Crippen molar-refractivity contribution in [3.8, 4) is 5.75 Å². The van der Waals surface area contributed by atoms with E-state index in [0.29, 0.717) is 26.1 Å². The maximum Gasteiger partial charge on any atom is 0.224 e. The molecule has 1 saturated heterocycles. The summed E-state index contributed by atoms with van der Waals surface area (Å²) in [6.07, 6.45) is 2.32. The van der Waals surface area contributed by atoms with Crippen molar-refractivity contribution in [1.29, 1.82) is 0 Å². The first-order valence-electron chi connectivity index (χ1n) is 9.03. The normalized spacial score (nSPS) is 18.8. The van der Waals surface area contributed by atoms with E-state index >= 15 is 0 Å². The molecule has 1 fully saturated rings. The van der Waals surface area contributed by atoms with E-state index < -0.39 is 0 Å². The van der Waals surface area contributed by atoms with Gasteiger partial charge in [-0.3, -0.25) is 4.79 Å².